The number of para-hydroxylation sites is 1. The molecule has 0 aliphatic heterocycles. The average Bonchev–Trinajstić information content (AvgIpc) is 3.16. The molecule has 0 saturated carbocycles. The third-order valence-corrected chi connectivity index (χ3v) is 5.17. The standard InChI is InChI=1S/C20H18N4O2S/c1-3-24-19(25)15-9-4-5-10-16(15)21-20(24)27-12-17-22-18(23-26-17)14-8-6-7-13(2)11-14/h4-11H,3,12H2,1-2H3. The number of fused-ring (bicyclic) bond motifs is 1. The molecular formula is C20H18N4O2S. The molecule has 0 atom stereocenters. The van der Waals surface area contributed by atoms with Crippen LogP contribution in [0.5, 0.6) is 0 Å². The van der Waals surface area contributed by atoms with Gasteiger partial charge in [-0.3, -0.25) is 9.36 Å². The highest BCUT2D eigenvalue weighted by Crippen LogP contribution is 2.23. The molecule has 2 heterocycles. The number of hydrogen-bond donors (Lipinski definition) is 0. The molecule has 7 heteroatoms. The van der Waals surface area contributed by atoms with Crippen molar-refractivity contribution in [2.45, 2.75) is 31.3 Å². The van der Waals surface area contributed by atoms with Gasteiger partial charge in [-0.05, 0) is 32.0 Å². The van der Waals surface area contributed by atoms with Gasteiger partial charge in [0.1, 0.15) is 0 Å². The van der Waals surface area contributed by atoms with Crippen LogP contribution in [0.1, 0.15) is 18.4 Å². The Bertz CT molecular complexity index is 1170. The maximum absolute atomic E-state index is 12.7. The molecular weight excluding hydrogens is 360 g/mol. The fourth-order valence-corrected chi connectivity index (χ4v) is 3.78. The molecule has 0 bridgehead atoms. The zero-order valence-corrected chi connectivity index (χ0v) is 15.9. The molecule has 6 nitrogen and oxygen atoms in total. The van der Waals surface area contributed by atoms with Crippen molar-refractivity contribution in [3.8, 4) is 11.4 Å². The Kier molecular flexibility index (Phi) is 4.77. The van der Waals surface area contributed by atoms with Gasteiger partial charge in [0, 0.05) is 12.1 Å². The van der Waals surface area contributed by atoms with Crippen LogP contribution in [0, 0.1) is 6.92 Å². The second-order valence-corrected chi connectivity index (χ2v) is 7.07. The van der Waals surface area contributed by atoms with E-state index < -0.39 is 0 Å². The Hall–Kier alpha value is -2.93. The molecule has 0 aliphatic rings. The molecule has 0 aliphatic carbocycles. The molecule has 0 fully saturated rings. The van der Waals surface area contributed by atoms with Crippen LogP contribution in [-0.2, 0) is 12.3 Å². The summed E-state index contributed by atoms with van der Waals surface area (Å²) in [5.41, 5.74) is 2.72. The van der Waals surface area contributed by atoms with Gasteiger partial charge in [-0.1, -0.05) is 52.8 Å². The van der Waals surface area contributed by atoms with Crippen molar-refractivity contribution >= 4 is 22.7 Å². The molecule has 0 saturated heterocycles. The van der Waals surface area contributed by atoms with Crippen LogP contribution < -0.4 is 5.56 Å². The van der Waals surface area contributed by atoms with E-state index in [1.54, 1.807) is 10.6 Å². The molecule has 0 amide bonds. The summed E-state index contributed by atoms with van der Waals surface area (Å²) in [6, 6.07) is 15.3. The summed E-state index contributed by atoms with van der Waals surface area (Å²) in [7, 11) is 0. The first-order valence-corrected chi connectivity index (χ1v) is 9.66. The van der Waals surface area contributed by atoms with E-state index in [2.05, 4.69) is 15.1 Å². The molecule has 2 aromatic carbocycles. The van der Waals surface area contributed by atoms with Gasteiger partial charge in [0.05, 0.1) is 16.7 Å². The van der Waals surface area contributed by atoms with Gasteiger partial charge in [0.2, 0.25) is 11.7 Å². The predicted octanol–water partition coefficient (Wildman–Crippen LogP) is 4.07. The zero-order valence-electron chi connectivity index (χ0n) is 15.0. The summed E-state index contributed by atoms with van der Waals surface area (Å²) in [6.45, 7) is 4.51. The van der Waals surface area contributed by atoms with E-state index in [9.17, 15) is 4.79 Å². The molecule has 0 N–H and O–H groups in total. The highest BCUT2D eigenvalue weighted by atomic mass is 32.2. The summed E-state index contributed by atoms with van der Waals surface area (Å²) in [6.07, 6.45) is 0. The number of hydrogen-bond acceptors (Lipinski definition) is 6. The van der Waals surface area contributed by atoms with Crippen molar-refractivity contribution < 1.29 is 4.52 Å². The maximum atomic E-state index is 12.7. The van der Waals surface area contributed by atoms with E-state index in [0.29, 0.717) is 40.1 Å². The summed E-state index contributed by atoms with van der Waals surface area (Å²) in [4.78, 5) is 21.8. The molecule has 2 aromatic heterocycles. The number of rotatable bonds is 5. The first kappa shape index (κ1) is 17.5. The van der Waals surface area contributed by atoms with E-state index in [1.165, 1.54) is 11.8 Å². The lowest BCUT2D eigenvalue weighted by molar-refractivity contribution is 0.391. The number of thioether (sulfide) groups is 1. The molecule has 0 unspecified atom stereocenters. The minimum Gasteiger partial charge on any atom is -0.338 e. The lowest BCUT2D eigenvalue weighted by atomic mass is 10.1. The smallest absolute Gasteiger partial charge is 0.262 e. The van der Waals surface area contributed by atoms with Gasteiger partial charge in [0.25, 0.3) is 5.56 Å². The predicted molar refractivity (Wildman–Crippen MR) is 106 cm³/mol. The van der Waals surface area contributed by atoms with Crippen LogP contribution in [0.4, 0.5) is 0 Å². The lowest BCUT2D eigenvalue weighted by Crippen LogP contribution is -2.22. The number of aryl methyl sites for hydroxylation is 1. The maximum Gasteiger partial charge on any atom is 0.262 e. The Labute approximate surface area is 160 Å². The third-order valence-electron chi connectivity index (χ3n) is 4.21. The van der Waals surface area contributed by atoms with E-state index in [0.717, 1.165) is 11.1 Å². The second kappa shape index (κ2) is 7.36. The van der Waals surface area contributed by atoms with Crippen LogP contribution in [0.15, 0.2) is 63.0 Å². The number of benzene rings is 2. The monoisotopic (exact) mass is 378 g/mol. The van der Waals surface area contributed by atoms with Crippen molar-refractivity contribution in [3.05, 3.63) is 70.3 Å². The SMILES string of the molecule is CCn1c(SCc2nc(-c3cccc(C)c3)no2)nc2ccccc2c1=O. The van der Waals surface area contributed by atoms with Crippen LogP contribution in [0.25, 0.3) is 22.3 Å². The largest absolute Gasteiger partial charge is 0.338 e. The summed E-state index contributed by atoms with van der Waals surface area (Å²) < 4.78 is 7.05. The van der Waals surface area contributed by atoms with Crippen molar-refractivity contribution in [3.63, 3.8) is 0 Å². The second-order valence-electron chi connectivity index (χ2n) is 6.13. The summed E-state index contributed by atoms with van der Waals surface area (Å²) in [5.74, 6) is 1.51. The highest BCUT2D eigenvalue weighted by Gasteiger charge is 2.13. The van der Waals surface area contributed by atoms with E-state index in [4.69, 9.17) is 4.52 Å². The van der Waals surface area contributed by atoms with Crippen LogP contribution >= 0.6 is 11.8 Å². The average molecular weight is 378 g/mol. The third kappa shape index (κ3) is 3.50. The van der Waals surface area contributed by atoms with Gasteiger partial charge in [-0.2, -0.15) is 4.98 Å². The molecule has 0 spiro atoms. The van der Waals surface area contributed by atoms with E-state index >= 15 is 0 Å². The highest BCUT2D eigenvalue weighted by molar-refractivity contribution is 7.98. The van der Waals surface area contributed by atoms with E-state index in [1.807, 2.05) is 56.3 Å². The molecule has 4 aromatic rings. The number of nitrogens with zero attached hydrogens (tertiary/aromatic N) is 4. The fourth-order valence-electron chi connectivity index (χ4n) is 2.88. The van der Waals surface area contributed by atoms with Gasteiger partial charge < -0.3 is 4.52 Å². The summed E-state index contributed by atoms with van der Waals surface area (Å²) >= 11 is 1.42. The fraction of sp³-hybridized carbons (Fsp3) is 0.200. The minimum absolute atomic E-state index is 0.0309. The van der Waals surface area contributed by atoms with Gasteiger partial charge in [-0.25, -0.2) is 4.98 Å². The Balaban J connectivity index is 1.60. The molecule has 0 radical (unpaired) electrons. The van der Waals surface area contributed by atoms with Crippen LogP contribution in [0.3, 0.4) is 0 Å². The minimum atomic E-state index is -0.0309. The topological polar surface area (TPSA) is 73.8 Å². The van der Waals surface area contributed by atoms with Gasteiger partial charge in [-0.15, -0.1) is 0 Å². The van der Waals surface area contributed by atoms with Crippen molar-refractivity contribution in [2.75, 3.05) is 0 Å². The quantitative estimate of drug-likeness (QED) is 0.385. The lowest BCUT2D eigenvalue weighted by Gasteiger charge is -2.10. The molecule has 4 rings (SSSR count). The van der Waals surface area contributed by atoms with Crippen LogP contribution in [0.2, 0.25) is 0 Å². The van der Waals surface area contributed by atoms with Gasteiger partial charge >= 0.3 is 0 Å². The normalized spacial score (nSPS) is 11.2. The van der Waals surface area contributed by atoms with E-state index in [-0.39, 0.29) is 5.56 Å². The summed E-state index contributed by atoms with van der Waals surface area (Å²) in [5, 5.41) is 5.34. The Morgan fingerprint density at radius 1 is 1.11 bits per heavy atom. The van der Waals surface area contributed by atoms with Gasteiger partial charge in [0.15, 0.2) is 5.16 Å². The Morgan fingerprint density at radius 3 is 2.78 bits per heavy atom. The molecule has 27 heavy (non-hydrogen) atoms. The number of aromatic nitrogens is 4. The first-order chi connectivity index (χ1) is 13.2. The van der Waals surface area contributed by atoms with Crippen molar-refractivity contribution in [1.29, 1.82) is 0 Å². The van der Waals surface area contributed by atoms with Crippen molar-refractivity contribution in [1.82, 2.24) is 19.7 Å². The van der Waals surface area contributed by atoms with Crippen molar-refractivity contribution in [2.24, 2.45) is 0 Å². The zero-order chi connectivity index (χ0) is 18.8. The molecule has 136 valence electrons. The van der Waals surface area contributed by atoms with Crippen LogP contribution in [-0.4, -0.2) is 19.7 Å². The first-order valence-electron chi connectivity index (χ1n) is 8.67. The Morgan fingerprint density at radius 2 is 1.96 bits per heavy atom.